The van der Waals surface area contributed by atoms with E-state index in [-0.39, 0.29) is 18.9 Å². The van der Waals surface area contributed by atoms with E-state index in [2.05, 4.69) is 10.1 Å². The number of rotatable bonds is 8. The van der Waals surface area contributed by atoms with Gasteiger partial charge in [0.05, 0.1) is 13.5 Å². The molecule has 1 atom stereocenters. The molecule has 0 aromatic rings. The third-order valence-electron chi connectivity index (χ3n) is 2.76. The van der Waals surface area contributed by atoms with Crippen molar-refractivity contribution in [2.45, 2.75) is 39.7 Å². The lowest BCUT2D eigenvalue weighted by Gasteiger charge is -2.24. The minimum atomic E-state index is -0.969. The van der Waals surface area contributed by atoms with E-state index in [1.165, 1.54) is 12.0 Å². The summed E-state index contributed by atoms with van der Waals surface area (Å²) >= 11 is 0. The van der Waals surface area contributed by atoms with Gasteiger partial charge in [0.25, 0.3) is 0 Å². The lowest BCUT2D eigenvalue weighted by atomic mass is 10.0. The maximum absolute atomic E-state index is 12.0. The normalized spacial score (nSPS) is 11.8. The highest BCUT2D eigenvalue weighted by Crippen LogP contribution is 2.07. The number of carboxylic acid groups (broad SMARTS) is 1. The van der Waals surface area contributed by atoms with Crippen molar-refractivity contribution in [2.24, 2.45) is 5.92 Å². The standard InChI is InChI=1S/C13H24N2O5/c1-5-15(7-6-11(16)17)13(19)14-10(8-9(2)3)12(18)20-4/h9-10H,5-8H2,1-4H3,(H,14,19)(H,16,17). The Bertz CT molecular complexity index is 344. The van der Waals surface area contributed by atoms with Gasteiger partial charge in [-0.15, -0.1) is 0 Å². The molecule has 0 aliphatic carbocycles. The number of esters is 1. The predicted octanol–water partition coefficient (Wildman–Crippen LogP) is 1.08. The number of aliphatic carboxylic acids is 1. The summed E-state index contributed by atoms with van der Waals surface area (Å²) in [4.78, 5) is 35.5. The topological polar surface area (TPSA) is 95.9 Å². The lowest BCUT2D eigenvalue weighted by molar-refractivity contribution is -0.143. The Balaban J connectivity index is 4.61. The summed E-state index contributed by atoms with van der Waals surface area (Å²) in [5, 5.41) is 11.2. The molecule has 20 heavy (non-hydrogen) atoms. The van der Waals surface area contributed by atoms with Gasteiger partial charge in [0, 0.05) is 13.1 Å². The van der Waals surface area contributed by atoms with E-state index in [1.807, 2.05) is 13.8 Å². The van der Waals surface area contributed by atoms with Crippen LogP contribution in [0.25, 0.3) is 0 Å². The molecule has 0 fully saturated rings. The minimum Gasteiger partial charge on any atom is -0.481 e. The molecule has 0 saturated carbocycles. The Labute approximate surface area is 119 Å². The van der Waals surface area contributed by atoms with Crippen LogP contribution < -0.4 is 5.32 Å². The molecule has 0 aromatic heterocycles. The molecule has 0 rings (SSSR count). The Hall–Kier alpha value is -1.79. The maximum Gasteiger partial charge on any atom is 0.328 e. The molecule has 0 aliphatic rings. The Kier molecular flexibility index (Phi) is 8.35. The highest BCUT2D eigenvalue weighted by Gasteiger charge is 2.24. The van der Waals surface area contributed by atoms with Gasteiger partial charge in [0.1, 0.15) is 6.04 Å². The largest absolute Gasteiger partial charge is 0.481 e. The zero-order chi connectivity index (χ0) is 15.7. The van der Waals surface area contributed by atoms with Crippen LogP contribution in [0.2, 0.25) is 0 Å². The number of hydrogen-bond acceptors (Lipinski definition) is 4. The van der Waals surface area contributed by atoms with Crippen molar-refractivity contribution in [1.82, 2.24) is 10.2 Å². The SMILES string of the molecule is CCN(CCC(=O)O)C(=O)NC(CC(C)C)C(=O)OC. The predicted molar refractivity (Wildman–Crippen MR) is 73.3 cm³/mol. The van der Waals surface area contributed by atoms with Gasteiger partial charge >= 0.3 is 18.0 Å². The first-order valence-corrected chi connectivity index (χ1v) is 6.66. The Morgan fingerprint density at radius 2 is 1.90 bits per heavy atom. The van der Waals surface area contributed by atoms with Gasteiger partial charge in [0.2, 0.25) is 0 Å². The molecule has 2 N–H and O–H groups in total. The van der Waals surface area contributed by atoms with Crippen LogP contribution in [0.5, 0.6) is 0 Å². The van der Waals surface area contributed by atoms with E-state index in [4.69, 9.17) is 5.11 Å². The van der Waals surface area contributed by atoms with Gasteiger partial charge in [0.15, 0.2) is 0 Å². The van der Waals surface area contributed by atoms with Gasteiger partial charge in [-0.2, -0.15) is 0 Å². The number of ether oxygens (including phenoxy) is 1. The van der Waals surface area contributed by atoms with Gasteiger partial charge in [-0.3, -0.25) is 4.79 Å². The van der Waals surface area contributed by atoms with E-state index in [0.29, 0.717) is 13.0 Å². The van der Waals surface area contributed by atoms with Crippen LogP contribution in [0, 0.1) is 5.92 Å². The van der Waals surface area contributed by atoms with Crippen molar-refractivity contribution < 1.29 is 24.2 Å². The second-order valence-corrected chi connectivity index (χ2v) is 4.88. The number of nitrogens with one attached hydrogen (secondary N) is 1. The summed E-state index contributed by atoms with van der Waals surface area (Å²) in [5.74, 6) is -1.25. The molecule has 7 nitrogen and oxygen atoms in total. The summed E-state index contributed by atoms with van der Waals surface area (Å²) < 4.78 is 4.66. The fourth-order valence-corrected chi connectivity index (χ4v) is 1.70. The zero-order valence-electron chi connectivity index (χ0n) is 12.5. The monoisotopic (exact) mass is 288 g/mol. The summed E-state index contributed by atoms with van der Waals surface area (Å²) in [6.07, 6.45) is 0.337. The smallest absolute Gasteiger partial charge is 0.328 e. The molecular weight excluding hydrogens is 264 g/mol. The van der Waals surface area contributed by atoms with E-state index in [1.54, 1.807) is 6.92 Å². The molecule has 0 bridgehead atoms. The summed E-state index contributed by atoms with van der Waals surface area (Å²) in [5.41, 5.74) is 0. The fraction of sp³-hybridized carbons (Fsp3) is 0.769. The highest BCUT2D eigenvalue weighted by atomic mass is 16.5. The lowest BCUT2D eigenvalue weighted by Crippen LogP contribution is -2.49. The highest BCUT2D eigenvalue weighted by molar-refractivity contribution is 5.83. The van der Waals surface area contributed by atoms with Crippen molar-refractivity contribution in [3.63, 3.8) is 0 Å². The second kappa shape index (κ2) is 9.17. The van der Waals surface area contributed by atoms with E-state index in [9.17, 15) is 14.4 Å². The molecule has 0 spiro atoms. The molecule has 2 amide bonds. The van der Waals surface area contributed by atoms with Crippen LogP contribution in [0.1, 0.15) is 33.6 Å². The van der Waals surface area contributed by atoms with Crippen LogP contribution in [0.3, 0.4) is 0 Å². The number of methoxy groups -OCH3 is 1. The minimum absolute atomic E-state index is 0.104. The van der Waals surface area contributed by atoms with Crippen LogP contribution >= 0.6 is 0 Å². The third-order valence-corrected chi connectivity index (χ3v) is 2.76. The number of carbonyl (C=O) groups is 3. The molecule has 0 heterocycles. The number of hydrogen-bond donors (Lipinski definition) is 2. The van der Waals surface area contributed by atoms with Gasteiger partial charge in [-0.05, 0) is 19.3 Å². The van der Waals surface area contributed by atoms with Crippen molar-refractivity contribution in [2.75, 3.05) is 20.2 Å². The van der Waals surface area contributed by atoms with Gasteiger partial charge in [-0.25, -0.2) is 9.59 Å². The molecule has 0 aliphatic heterocycles. The molecule has 7 heteroatoms. The zero-order valence-corrected chi connectivity index (χ0v) is 12.5. The second-order valence-electron chi connectivity index (χ2n) is 4.88. The Morgan fingerprint density at radius 1 is 1.30 bits per heavy atom. The number of carbonyl (C=O) groups excluding carboxylic acids is 2. The van der Waals surface area contributed by atoms with Crippen LogP contribution in [-0.2, 0) is 14.3 Å². The molecule has 1 unspecified atom stereocenters. The average Bonchev–Trinajstić information content (AvgIpc) is 2.36. The first kappa shape index (κ1) is 18.2. The number of urea groups is 1. The van der Waals surface area contributed by atoms with Crippen molar-refractivity contribution in [1.29, 1.82) is 0 Å². The maximum atomic E-state index is 12.0. The van der Waals surface area contributed by atoms with Crippen LogP contribution in [-0.4, -0.2) is 54.2 Å². The van der Waals surface area contributed by atoms with E-state index < -0.39 is 24.0 Å². The first-order chi connectivity index (χ1) is 9.31. The van der Waals surface area contributed by atoms with Gasteiger partial charge in [-0.1, -0.05) is 13.8 Å². The first-order valence-electron chi connectivity index (χ1n) is 6.66. The van der Waals surface area contributed by atoms with Gasteiger partial charge < -0.3 is 20.1 Å². The molecular formula is C13H24N2O5. The molecule has 0 saturated heterocycles. The molecule has 0 aromatic carbocycles. The van der Waals surface area contributed by atoms with Crippen LogP contribution in [0.15, 0.2) is 0 Å². The summed E-state index contributed by atoms with van der Waals surface area (Å²) in [6.45, 7) is 6.09. The summed E-state index contributed by atoms with van der Waals surface area (Å²) in [7, 11) is 1.27. The van der Waals surface area contributed by atoms with Crippen LogP contribution in [0.4, 0.5) is 4.79 Å². The number of carboxylic acids is 1. The summed E-state index contributed by atoms with van der Waals surface area (Å²) in [6, 6.07) is -1.17. The number of amides is 2. The quantitative estimate of drug-likeness (QED) is 0.652. The fourth-order valence-electron chi connectivity index (χ4n) is 1.70. The van der Waals surface area contributed by atoms with E-state index in [0.717, 1.165) is 0 Å². The van der Waals surface area contributed by atoms with E-state index >= 15 is 0 Å². The Morgan fingerprint density at radius 3 is 2.30 bits per heavy atom. The third kappa shape index (κ3) is 6.96. The average molecular weight is 288 g/mol. The molecule has 0 radical (unpaired) electrons. The van der Waals surface area contributed by atoms with Crippen molar-refractivity contribution >= 4 is 18.0 Å². The molecule has 116 valence electrons. The number of nitrogens with zero attached hydrogens (tertiary/aromatic N) is 1. The van der Waals surface area contributed by atoms with Crippen molar-refractivity contribution in [3.05, 3.63) is 0 Å². The van der Waals surface area contributed by atoms with Crippen molar-refractivity contribution in [3.8, 4) is 0 Å².